The zero-order valence-corrected chi connectivity index (χ0v) is 17.8. The Morgan fingerprint density at radius 2 is 1.15 bits per heavy atom. The first-order valence-electron chi connectivity index (χ1n) is 11.9. The minimum Gasteiger partial charge on any atom is -0.494 e. The molecule has 0 heterocycles. The van der Waals surface area contributed by atoms with E-state index in [1.165, 1.54) is 128 Å². The Morgan fingerprint density at radius 1 is 0.731 bits per heavy atom. The molecular weight excluding hydrogens is 316 g/mol. The van der Waals surface area contributed by atoms with Crippen molar-refractivity contribution in [3.05, 3.63) is 24.0 Å². The molecule has 0 radical (unpaired) electrons. The molecule has 0 atom stereocenters. The second kappa shape index (κ2) is 17.7. The Balaban J connectivity index is 1.73. The molecule has 1 nitrogen and oxygen atoms in total. The Kier molecular flexibility index (Phi) is 15.9. The van der Waals surface area contributed by atoms with Crippen LogP contribution >= 0.6 is 0 Å². The van der Waals surface area contributed by atoms with Gasteiger partial charge in [-0.3, -0.25) is 0 Å². The third-order valence-electron chi connectivity index (χ3n) is 5.75. The average Bonchev–Trinajstić information content (AvgIpc) is 2.61. The van der Waals surface area contributed by atoms with Crippen molar-refractivity contribution in [1.29, 1.82) is 0 Å². The molecule has 1 rings (SSSR count). The molecule has 1 fully saturated rings. The lowest BCUT2D eigenvalue weighted by atomic mass is 9.91. The van der Waals surface area contributed by atoms with Gasteiger partial charge in [-0.2, -0.15) is 0 Å². The molecule has 26 heavy (non-hydrogen) atoms. The van der Waals surface area contributed by atoms with Gasteiger partial charge in [-0.25, -0.2) is 0 Å². The molecule has 0 aromatic carbocycles. The van der Waals surface area contributed by atoms with Crippen molar-refractivity contribution in [1.82, 2.24) is 0 Å². The molecule has 0 spiro atoms. The third-order valence-corrected chi connectivity index (χ3v) is 5.75. The van der Waals surface area contributed by atoms with Gasteiger partial charge in [0.2, 0.25) is 0 Å². The van der Waals surface area contributed by atoms with Crippen molar-refractivity contribution < 1.29 is 4.74 Å². The van der Waals surface area contributed by atoms with Gasteiger partial charge in [-0.15, -0.1) is 0 Å². The minimum absolute atomic E-state index is 0.878. The van der Waals surface area contributed by atoms with Crippen LogP contribution in [0.5, 0.6) is 0 Å². The van der Waals surface area contributed by atoms with Crippen LogP contribution in [0.2, 0.25) is 0 Å². The van der Waals surface area contributed by atoms with E-state index in [9.17, 15) is 0 Å². The van der Waals surface area contributed by atoms with Gasteiger partial charge in [0.05, 0.1) is 6.61 Å². The highest BCUT2D eigenvalue weighted by Gasteiger charge is 2.13. The van der Waals surface area contributed by atoms with E-state index < -0.39 is 0 Å². The molecule has 1 heteroatoms. The van der Waals surface area contributed by atoms with Crippen molar-refractivity contribution in [2.75, 3.05) is 6.61 Å². The summed E-state index contributed by atoms with van der Waals surface area (Å²) in [6, 6.07) is 0. The molecule has 1 aliphatic carbocycles. The molecule has 0 aromatic rings. The molecule has 0 aliphatic heterocycles. The van der Waals surface area contributed by atoms with E-state index in [0.29, 0.717) is 0 Å². The van der Waals surface area contributed by atoms with Gasteiger partial charge in [0.25, 0.3) is 0 Å². The molecular formula is C25H46O. The maximum absolute atomic E-state index is 5.88. The first-order valence-corrected chi connectivity index (χ1v) is 11.9. The van der Waals surface area contributed by atoms with Crippen LogP contribution in [0.1, 0.15) is 129 Å². The Bertz CT molecular complexity index is 349. The predicted molar refractivity (Wildman–Crippen MR) is 117 cm³/mol. The van der Waals surface area contributed by atoms with E-state index in [1.807, 2.05) is 6.08 Å². The highest BCUT2D eigenvalue weighted by molar-refractivity contribution is 5.22. The number of rotatable bonds is 19. The number of hydrogen-bond donors (Lipinski definition) is 0. The second-order valence-corrected chi connectivity index (χ2v) is 8.18. The van der Waals surface area contributed by atoms with Gasteiger partial charge in [0, 0.05) is 0 Å². The molecule has 152 valence electrons. The van der Waals surface area contributed by atoms with E-state index in [0.717, 1.165) is 12.4 Å². The first-order chi connectivity index (χ1) is 12.9. The Labute approximate surface area is 164 Å². The van der Waals surface area contributed by atoms with Crippen molar-refractivity contribution in [2.24, 2.45) is 0 Å². The maximum atomic E-state index is 5.88. The van der Waals surface area contributed by atoms with Crippen LogP contribution in [0.15, 0.2) is 24.0 Å². The van der Waals surface area contributed by atoms with Crippen LogP contribution in [0.4, 0.5) is 0 Å². The van der Waals surface area contributed by atoms with Gasteiger partial charge < -0.3 is 4.74 Å². The fraction of sp³-hybridized carbons (Fsp3) is 0.840. The fourth-order valence-corrected chi connectivity index (χ4v) is 3.74. The largest absolute Gasteiger partial charge is 0.494 e. The van der Waals surface area contributed by atoms with E-state index in [2.05, 4.69) is 13.5 Å². The molecule has 0 amide bonds. The molecule has 0 unspecified atom stereocenters. The van der Waals surface area contributed by atoms with E-state index in [4.69, 9.17) is 4.74 Å². The van der Waals surface area contributed by atoms with Crippen molar-refractivity contribution in [3.8, 4) is 0 Å². The topological polar surface area (TPSA) is 9.23 Å². The highest BCUT2D eigenvalue weighted by Crippen LogP contribution is 2.29. The summed E-state index contributed by atoms with van der Waals surface area (Å²) in [6.45, 7) is 7.05. The first kappa shape index (κ1) is 23.3. The van der Waals surface area contributed by atoms with Gasteiger partial charge in [-0.1, -0.05) is 110 Å². The SMILES string of the molecule is C=CC(OCCCCCCCCCCCCCCCCCC)=C1CCC1. The molecule has 0 N–H and O–H groups in total. The zero-order valence-electron chi connectivity index (χ0n) is 17.8. The van der Waals surface area contributed by atoms with Crippen LogP contribution < -0.4 is 0 Å². The van der Waals surface area contributed by atoms with Gasteiger partial charge in [-0.05, 0) is 37.3 Å². The number of ether oxygens (including phenoxy) is 1. The van der Waals surface area contributed by atoms with Crippen LogP contribution in [0.25, 0.3) is 0 Å². The normalized spacial score (nSPS) is 13.5. The molecule has 1 aliphatic rings. The number of hydrogen-bond acceptors (Lipinski definition) is 1. The van der Waals surface area contributed by atoms with Crippen LogP contribution in [0, 0.1) is 0 Å². The summed E-state index contributed by atoms with van der Waals surface area (Å²) in [5.41, 5.74) is 1.48. The summed E-state index contributed by atoms with van der Waals surface area (Å²) < 4.78 is 5.88. The van der Waals surface area contributed by atoms with E-state index in [-0.39, 0.29) is 0 Å². The standard InChI is InChI=1S/C25H46O/c1-3-5-6-7-8-9-10-11-12-13-14-15-16-17-18-19-23-26-25(4-2)24-21-20-22-24/h4H,2-3,5-23H2,1H3. The lowest BCUT2D eigenvalue weighted by Crippen LogP contribution is -2.04. The summed E-state index contributed by atoms with van der Waals surface area (Å²) in [5, 5.41) is 0. The van der Waals surface area contributed by atoms with Gasteiger partial charge >= 0.3 is 0 Å². The lowest BCUT2D eigenvalue weighted by molar-refractivity contribution is 0.209. The lowest BCUT2D eigenvalue weighted by Gasteiger charge is -2.20. The van der Waals surface area contributed by atoms with Crippen molar-refractivity contribution in [2.45, 2.75) is 129 Å². The van der Waals surface area contributed by atoms with E-state index in [1.54, 1.807) is 0 Å². The monoisotopic (exact) mass is 362 g/mol. The van der Waals surface area contributed by atoms with Crippen LogP contribution in [-0.4, -0.2) is 6.61 Å². The number of unbranched alkanes of at least 4 members (excludes halogenated alkanes) is 15. The molecule has 0 aromatic heterocycles. The quantitative estimate of drug-likeness (QED) is 0.165. The van der Waals surface area contributed by atoms with Gasteiger partial charge in [0.15, 0.2) is 0 Å². The Morgan fingerprint density at radius 3 is 1.50 bits per heavy atom. The summed E-state index contributed by atoms with van der Waals surface area (Å²) in [7, 11) is 0. The van der Waals surface area contributed by atoms with E-state index >= 15 is 0 Å². The Hall–Kier alpha value is -0.720. The van der Waals surface area contributed by atoms with Crippen molar-refractivity contribution in [3.63, 3.8) is 0 Å². The zero-order chi connectivity index (χ0) is 18.7. The molecule has 0 bridgehead atoms. The molecule has 0 saturated heterocycles. The average molecular weight is 363 g/mol. The third kappa shape index (κ3) is 12.6. The van der Waals surface area contributed by atoms with Crippen LogP contribution in [0.3, 0.4) is 0 Å². The van der Waals surface area contributed by atoms with Gasteiger partial charge in [0.1, 0.15) is 5.76 Å². The maximum Gasteiger partial charge on any atom is 0.117 e. The predicted octanol–water partition coefficient (Wildman–Crippen LogP) is 8.89. The van der Waals surface area contributed by atoms with Crippen LogP contribution in [-0.2, 0) is 4.74 Å². The summed E-state index contributed by atoms with van der Waals surface area (Å²) in [4.78, 5) is 0. The summed E-state index contributed by atoms with van der Waals surface area (Å²) in [5.74, 6) is 1.08. The smallest absolute Gasteiger partial charge is 0.117 e. The van der Waals surface area contributed by atoms with Crippen molar-refractivity contribution >= 4 is 0 Å². The number of allylic oxidation sites excluding steroid dienone is 2. The summed E-state index contributed by atoms with van der Waals surface area (Å²) >= 11 is 0. The highest BCUT2D eigenvalue weighted by atomic mass is 16.5. The minimum atomic E-state index is 0.878. The fourth-order valence-electron chi connectivity index (χ4n) is 3.74. The molecule has 1 saturated carbocycles. The summed E-state index contributed by atoms with van der Waals surface area (Å²) in [6.07, 6.45) is 28.3. The second-order valence-electron chi connectivity index (χ2n) is 8.18.